The molecule has 0 aromatic heterocycles. The minimum absolute atomic E-state index is 0.0492. The summed E-state index contributed by atoms with van der Waals surface area (Å²) in [6.45, 7) is 14.4. The fourth-order valence-corrected chi connectivity index (χ4v) is 4.17. The molecule has 0 aliphatic heterocycles. The number of aryl methyl sites for hydroxylation is 1. The van der Waals surface area contributed by atoms with Crippen molar-refractivity contribution in [2.75, 3.05) is 92.5 Å². The van der Waals surface area contributed by atoms with E-state index in [4.69, 9.17) is 37.0 Å². The van der Waals surface area contributed by atoms with Gasteiger partial charge in [0.05, 0.1) is 97.4 Å². The molecule has 0 aliphatic carbocycles. The van der Waals surface area contributed by atoms with Crippen molar-refractivity contribution in [3.8, 4) is 0 Å². The zero-order valence-corrected chi connectivity index (χ0v) is 24.0. The molecule has 1 aromatic rings. The van der Waals surface area contributed by atoms with Gasteiger partial charge in [0.25, 0.3) is 10.1 Å². The third-order valence-electron chi connectivity index (χ3n) is 4.40. The predicted octanol–water partition coefficient (Wildman–Crippen LogP) is 2.65. The first kappa shape index (κ1) is 33.1. The second-order valence-electron chi connectivity index (χ2n) is 8.72. The molecule has 0 spiro atoms. The summed E-state index contributed by atoms with van der Waals surface area (Å²) in [6, 6.07) is 6.49. The van der Waals surface area contributed by atoms with Gasteiger partial charge < -0.3 is 32.8 Å². The lowest BCUT2D eigenvalue weighted by atomic mass is 10.2. The van der Waals surface area contributed by atoms with Crippen LogP contribution in [-0.4, -0.2) is 109 Å². The van der Waals surface area contributed by atoms with Crippen LogP contribution in [0.4, 0.5) is 0 Å². The van der Waals surface area contributed by atoms with Crippen molar-refractivity contribution in [2.24, 2.45) is 0 Å². The topological polar surface area (TPSA) is 108 Å². The number of ether oxygens (including phenoxy) is 6. The fraction of sp³-hybridized carbons (Fsp3) is 0.750. The molecule has 36 heavy (non-hydrogen) atoms. The highest BCUT2D eigenvalue weighted by molar-refractivity contribution is 7.86. The van der Waals surface area contributed by atoms with Gasteiger partial charge in [-0.2, -0.15) is 8.42 Å². The third-order valence-corrected chi connectivity index (χ3v) is 6.80. The van der Waals surface area contributed by atoms with Crippen molar-refractivity contribution in [3.63, 3.8) is 0 Å². The molecule has 0 saturated heterocycles. The second kappa shape index (κ2) is 20.1. The maximum absolute atomic E-state index is 12.0. The van der Waals surface area contributed by atoms with Crippen LogP contribution in [0.15, 0.2) is 29.2 Å². The Morgan fingerprint density at radius 1 is 0.556 bits per heavy atom. The van der Waals surface area contributed by atoms with Crippen LogP contribution in [0.2, 0.25) is 19.6 Å². The summed E-state index contributed by atoms with van der Waals surface area (Å²) in [7, 11) is -5.21. The van der Waals surface area contributed by atoms with Crippen LogP contribution >= 0.6 is 0 Å². The quantitative estimate of drug-likeness (QED) is 0.108. The van der Waals surface area contributed by atoms with E-state index < -0.39 is 18.4 Å². The average molecular weight is 553 g/mol. The Bertz CT molecular complexity index is 753. The van der Waals surface area contributed by atoms with Crippen molar-refractivity contribution in [1.29, 1.82) is 0 Å². The van der Waals surface area contributed by atoms with Crippen LogP contribution in [0.1, 0.15) is 5.56 Å². The summed E-state index contributed by atoms with van der Waals surface area (Å²) in [4.78, 5) is 0.135. The Labute approximate surface area is 217 Å². The predicted molar refractivity (Wildman–Crippen MR) is 139 cm³/mol. The lowest BCUT2D eigenvalue weighted by molar-refractivity contribution is -0.0187. The van der Waals surface area contributed by atoms with Crippen LogP contribution in [0.3, 0.4) is 0 Å². The molecule has 10 nitrogen and oxygen atoms in total. The minimum Gasteiger partial charge on any atom is -0.415 e. The molecule has 0 fully saturated rings. The van der Waals surface area contributed by atoms with Gasteiger partial charge in [0, 0.05) is 0 Å². The standard InChI is InChI=1S/C24H44O10SSi/c1-23-5-7-24(8-6-23)35(25,26)33-21-19-31-17-15-29-13-11-27-9-10-28-12-14-30-16-18-32-20-22-34-36(2,3)4/h5-8H,9-22H2,1-4H3. The first-order valence-electron chi connectivity index (χ1n) is 12.3. The van der Waals surface area contributed by atoms with E-state index in [2.05, 4.69) is 19.6 Å². The van der Waals surface area contributed by atoms with E-state index >= 15 is 0 Å². The molecule has 0 N–H and O–H groups in total. The Hall–Kier alpha value is -0.933. The number of rotatable bonds is 24. The Morgan fingerprint density at radius 3 is 1.25 bits per heavy atom. The minimum atomic E-state index is -3.76. The Morgan fingerprint density at radius 2 is 0.889 bits per heavy atom. The number of hydrogen-bond donors (Lipinski definition) is 0. The molecule has 1 rings (SSSR count). The summed E-state index contributed by atoms with van der Waals surface area (Å²) in [5, 5.41) is 0. The van der Waals surface area contributed by atoms with Gasteiger partial charge in [-0.25, -0.2) is 0 Å². The first-order chi connectivity index (χ1) is 17.2. The van der Waals surface area contributed by atoms with Crippen molar-refractivity contribution in [2.45, 2.75) is 31.5 Å². The highest BCUT2D eigenvalue weighted by atomic mass is 32.2. The third kappa shape index (κ3) is 19.2. The van der Waals surface area contributed by atoms with Crippen LogP contribution in [0.5, 0.6) is 0 Å². The summed E-state index contributed by atoms with van der Waals surface area (Å²) >= 11 is 0. The molecule has 1 aromatic carbocycles. The van der Waals surface area contributed by atoms with Gasteiger partial charge in [0.15, 0.2) is 8.32 Å². The van der Waals surface area contributed by atoms with Gasteiger partial charge in [-0.15, -0.1) is 0 Å². The molecule has 12 heteroatoms. The van der Waals surface area contributed by atoms with Crippen LogP contribution in [0.25, 0.3) is 0 Å². The normalized spacial score (nSPS) is 12.3. The molecule has 0 bridgehead atoms. The van der Waals surface area contributed by atoms with Gasteiger partial charge in [-0.3, -0.25) is 4.18 Å². The van der Waals surface area contributed by atoms with Crippen molar-refractivity contribution in [1.82, 2.24) is 0 Å². The molecule has 0 radical (unpaired) electrons. The van der Waals surface area contributed by atoms with E-state index in [9.17, 15) is 8.42 Å². The number of hydrogen-bond acceptors (Lipinski definition) is 10. The molecule has 0 saturated carbocycles. The van der Waals surface area contributed by atoms with Crippen molar-refractivity contribution in [3.05, 3.63) is 29.8 Å². The maximum atomic E-state index is 12.0. The Balaban J connectivity index is 1.77. The van der Waals surface area contributed by atoms with E-state index in [1.165, 1.54) is 12.1 Å². The van der Waals surface area contributed by atoms with Gasteiger partial charge in [-0.05, 0) is 38.7 Å². The van der Waals surface area contributed by atoms with E-state index in [1.54, 1.807) is 12.1 Å². The van der Waals surface area contributed by atoms with Gasteiger partial charge in [0.2, 0.25) is 0 Å². The monoisotopic (exact) mass is 552 g/mol. The smallest absolute Gasteiger partial charge is 0.297 e. The molecule has 0 aliphatic rings. The lowest BCUT2D eigenvalue weighted by Gasteiger charge is -2.16. The molecular formula is C24H44O10SSi. The summed E-state index contributed by atoms with van der Waals surface area (Å²) in [5.74, 6) is 0. The molecule has 0 amide bonds. The SMILES string of the molecule is Cc1ccc(S(=O)(=O)OCCOCCOCCOCCOCCOCCOCCO[Si](C)(C)C)cc1. The molecule has 210 valence electrons. The van der Waals surface area contributed by atoms with Gasteiger partial charge in [-0.1, -0.05) is 17.7 Å². The fourth-order valence-electron chi connectivity index (χ4n) is 2.58. The van der Waals surface area contributed by atoms with E-state index in [0.717, 1.165) is 5.56 Å². The molecule has 0 unspecified atom stereocenters. The highest BCUT2D eigenvalue weighted by Crippen LogP contribution is 2.12. The Kier molecular flexibility index (Phi) is 18.5. The molecule has 0 heterocycles. The highest BCUT2D eigenvalue weighted by Gasteiger charge is 2.14. The van der Waals surface area contributed by atoms with Crippen LogP contribution < -0.4 is 0 Å². The number of benzene rings is 1. The zero-order chi connectivity index (χ0) is 26.5. The summed E-state index contributed by atoms with van der Waals surface area (Å²) < 4.78 is 67.2. The van der Waals surface area contributed by atoms with Gasteiger partial charge >= 0.3 is 0 Å². The van der Waals surface area contributed by atoms with E-state index in [-0.39, 0.29) is 18.1 Å². The maximum Gasteiger partial charge on any atom is 0.297 e. The summed E-state index contributed by atoms with van der Waals surface area (Å²) in [5.41, 5.74) is 0.981. The van der Waals surface area contributed by atoms with Crippen molar-refractivity contribution < 1.29 is 45.4 Å². The van der Waals surface area contributed by atoms with Crippen molar-refractivity contribution >= 4 is 18.4 Å². The van der Waals surface area contributed by atoms with E-state index in [1.807, 2.05) is 6.92 Å². The van der Waals surface area contributed by atoms with E-state index in [0.29, 0.717) is 79.3 Å². The first-order valence-corrected chi connectivity index (χ1v) is 17.1. The summed E-state index contributed by atoms with van der Waals surface area (Å²) in [6.07, 6.45) is 0. The van der Waals surface area contributed by atoms with Gasteiger partial charge in [0.1, 0.15) is 0 Å². The second-order valence-corrected chi connectivity index (χ2v) is 14.9. The largest absolute Gasteiger partial charge is 0.415 e. The average Bonchev–Trinajstić information content (AvgIpc) is 2.82. The van der Waals surface area contributed by atoms with Crippen LogP contribution in [0, 0.1) is 6.92 Å². The molecular weight excluding hydrogens is 508 g/mol. The zero-order valence-electron chi connectivity index (χ0n) is 22.2. The van der Waals surface area contributed by atoms with Crippen LogP contribution in [-0.2, 0) is 47.1 Å². The molecule has 0 atom stereocenters. The lowest BCUT2D eigenvalue weighted by Crippen LogP contribution is -2.27.